The molecule has 1 rings (SSSR count). The Bertz CT molecular complexity index is 368. The molecule has 0 fully saturated rings. The normalized spacial score (nSPS) is 9.93. The van der Waals surface area contributed by atoms with E-state index in [0.717, 1.165) is 5.56 Å². The Morgan fingerprint density at radius 2 is 2.21 bits per heavy atom. The van der Waals surface area contributed by atoms with E-state index in [0.29, 0.717) is 15.6 Å². The van der Waals surface area contributed by atoms with Crippen molar-refractivity contribution in [1.82, 2.24) is 0 Å². The van der Waals surface area contributed by atoms with Crippen molar-refractivity contribution in [3.8, 4) is 5.75 Å². The maximum atomic E-state index is 10.5. The largest absolute Gasteiger partial charge is 0.496 e. The summed E-state index contributed by atoms with van der Waals surface area (Å²) in [7, 11) is 1.48. The van der Waals surface area contributed by atoms with Crippen LogP contribution in [0.1, 0.15) is 5.56 Å². The van der Waals surface area contributed by atoms with E-state index in [9.17, 15) is 10.1 Å². The molecule has 4 nitrogen and oxygen atoms in total. The molecule has 0 aliphatic rings. The molecule has 0 bridgehead atoms. The van der Waals surface area contributed by atoms with Gasteiger partial charge in [0.25, 0.3) is 5.69 Å². The molecule has 76 valence electrons. The first-order valence-corrected chi connectivity index (χ1v) is 5.58. The molecule has 0 saturated heterocycles. The van der Waals surface area contributed by atoms with Gasteiger partial charge in [0.1, 0.15) is 5.75 Å². The molecule has 0 atom stereocenters. The molecule has 1 aromatic carbocycles. The Balaban J connectivity index is 3.31. The van der Waals surface area contributed by atoms with Gasteiger partial charge in [-0.05, 0) is 0 Å². The van der Waals surface area contributed by atoms with Crippen molar-refractivity contribution in [3.05, 3.63) is 32.3 Å². The second kappa shape index (κ2) is 4.75. The maximum absolute atomic E-state index is 10.5. The van der Waals surface area contributed by atoms with Crippen LogP contribution in [0.2, 0.25) is 0 Å². The third-order valence-corrected chi connectivity index (χ3v) is 2.97. The molecular weight excluding hydrogens is 318 g/mol. The summed E-state index contributed by atoms with van der Waals surface area (Å²) in [6.45, 7) is 0. The first-order chi connectivity index (χ1) is 6.60. The first kappa shape index (κ1) is 11.5. The zero-order chi connectivity index (χ0) is 10.7. The lowest BCUT2D eigenvalue weighted by Crippen LogP contribution is -1.94. The van der Waals surface area contributed by atoms with Gasteiger partial charge < -0.3 is 4.74 Å². The summed E-state index contributed by atoms with van der Waals surface area (Å²) in [4.78, 5) is 10.1. The second-order valence-corrected chi connectivity index (χ2v) is 3.91. The van der Waals surface area contributed by atoms with Crippen molar-refractivity contribution >= 4 is 37.5 Å². The van der Waals surface area contributed by atoms with Crippen molar-refractivity contribution in [2.75, 3.05) is 7.11 Å². The number of nitrogens with zero attached hydrogens (tertiary/aromatic N) is 1. The van der Waals surface area contributed by atoms with Crippen LogP contribution in [0, 0.1) is 10.1 Å². The lowest BCUT2D eigenvalue weighted by Gasteiger charge is -2.07. The minimum absolute atomic E-state index is 0.0124. The van der Waals surface area contributed by atoms with Gasteiger partial charge in [-0.2, -0.15) is 0 Å². The molecule has 0 unspecified atom stereocenters. The number of benzene rings is 1. The molecule has 0 aliphatic carbocycles. The minimum Gasteiger partial charge on any atom is -0.496 e. The highest BCUT2D eigenvalue weighted by Crippen LogP contribution is 2.33. The fourth-order valence-electron chi connectivity index (χ4n) is 1.01. The van der Waals surface area contributed by atoms with E-state index in [-0.39, 0.29) is 5.69 Å². The van der Waals surface area contributed by atoms with Crippen LogP contribution in [0.5, 0.6) is 5.75 Å². The van der Waals surface area contributed by atoms with Crippen molar-refractivity contribution in [3.63, 3.8) is 0 Å². The number of halogens is 2. The van der Waals surface area contributed by atoms with Crippen LogP contribution in [-0.4, -0.2) is 12.0 Å². The molecule has 0 aliphatic heterocycles. The molecule has 0 radical (unpaired) electrons. The van der Waals surface area contributed by atoms with Crippen molar-refractivity contribution in [2.24, 2.45) is 0 Å². The molecule has 0 saturated carbocycles. The summed E-state index contributed by atoms with van der Waals surface area (Å²) >= 11 is 6.53. The van der Waals surface area contributed by atoms with Gasteiger partial charge >= 0.3 is 0 Å². The molecular formula is C8H7Br2NO3. The Morgan fingerprint density at radius 1 is 1.57 bits per heavy atom. The highest BCUT2D eigenvalue weighted by molar-refractivity contribution is 9.10. The maximum Gasteiger partial charge on any atom is 0.274 e. The van der Waals surface area contributed by atoms with Crippen LogP contribution in [0.25, 0.3) is 0 Å². The quantitative estimate of drug-likeness (QED) is 0.487. The smallest absolute Gasteiger partial charge is 0.274 e. The van der Waals surface area contributed by atoms with Crippen LogP contribution < -0.4 is 4.74 Å². The van der Waals surface area contributed by atoms with E-state index in [1.54, 1.807) is 0 Å². The third kappa shape index (κ3) is 2.24. The number of nitro benzene ring substituents is 1. The number of non-ortho nitro benzene ring substituents is 1. The monoisotopic (exact) mass is 323 g/mol. The first-order valence-electron chi connectivity index (χ1n) is 3.67. The lowest BCUT2D eigenvalue weighted by atomic mass is 10.2. The zero-order valence-corrected chi connectivity index (χ0v) is 10.5. The predicted molar refractivity (Wildman–Crippen MR) is 60.0 cm³/mol. The number of nitro groups is 1. The summed E-state index contributed by atoms with van der Waals surface area (Å²) in [5.41, 5.74) is 0.872. The fraction of sp³-hybridized carbons (Fsp3) is 0.250. The highest BCUT2D eigenvalue weighted by Gasteiger charge is 2.14. The van der Waals surface area contributed by atoms with Gasteiger partial charge in [-0.25, -0.2) is 0 Å². The Kier molecular flexibility index (Phi) is 3.88. The second-order valence-electron chi connectivity index (χ2n) is 2.50. The third-order valence-electron chi connectivity index (χ3n) is 1.70. The molecule has 0 spiro atoms. The summed E-state index contributed by atoms with van der Waals surface area (Å²) < 4.78 is 5.71. The topological polar surface area (TPSA) is 52.4 Å². The van der Waals surface area contributed by atoms with E-state index in [4.69, 9.17) is 4.74 Å². The molecule has 0 heterocycles. The molecule has 0 aromatic heterocycles. The van der Waals surface area contributed by atoms with Gasteiger partial charge in [-0.15, -0.1) is 0 Å². The zero-order valence-electron chi connectivity index (χ0n) is 7.29. The van der Waals surface area contributed by atoms with Gasteiger partial charge in [0.2, 0.25) is 0 Å². The number of hydrogen-bond donors (Lipinski definition) is 0. The van der Waals surface area contributed by atoms with Crippen LogP contribution >= 0.6 is 31.9 Å². The van der Waals surface area contributed by atoms with Crippen molar-refractivity contribution in [1.29, 1.82) is 0 Å². The Morgan fingerprint density at radius 3 is 2.64 bits per heavy atom. The van der Waals surface area contributed by atoms with E-state index in [1.807, 2.05) is 0 Å². The molecule has 0 N–H and O–H groups in total. The van der Waals surface area contributed by atoms with Crippen LogP contribution in [-0.2, 0) is 5.33 Å². The van der Waals surface area contributed by atoms with Crippen molar-refractivity contribution < 1.29 is 9.66 Å². The molecule has 1 aromatic rings. The molecule has 6 heteroatoms. The average molecular weight is 325 g/mol. The number of alkyl halides is 1. The summed E-state index contributed by atoms with van der Waals surface area (Å²) in [5.74, 6) is 0.503. The summed E-state index contributed by atoms with van der Waals surface area (Å²) in [5, 5.41) is 11.1. The minimum atomic E-state index is -0.453. The van der Waals surface area contributed by atoms with Gasteiger partial charge in [0.15, 0.2) is 0 Å². The van der Waals surface area contributed by atoms with Gasteiger partial charge in [0.05, 0.1) is 18.1 Å². The fourth-order valence-corrected chi connectivity index (χ4v) is 2.54. The van der Waals surface area contributed by atoms with E-state index in [2.05, 4.69) is 31.9 Å². The van der Waals surface area contributed by atoms with Crippen LogP contribution in [0.4, 0.5) is 5.69 Å². The van der Waals surface area contributed by atoms with Gasteiger partial charge in [0, 0.05) is 21.4 Å². The number of hydrogen-bond acceptors (Lipinski definition) is 3. The summed E-state index contributed by atoms with van der Waals surface area (Å²) in [6.07, 6.45) is 0. The summed E-state index contributed by atoms with van der Waals surface area (Å²) in [6, 6.07) is 2.86. The SMILES string of the molecule is COc1cc([N+](=O)[O-])cc(Br)c1CBr. The predicted octanol–water partition coefficient (Wildman–Crippen LogP) is 3.26. The van der Waals surface area contributed by atoms with Gasteiger partial charge in [-0.3, -0.25) is 10.1 Å². The lowest BCUT2D eigenvalue weighted by molar-refractivity contribution is -0.385. The molecule has 0 amide bonds. The number of ether oxygens (including phenoxy) is 1. The average Bonchev–Trinajstić information content (AvgIpc) is 2.16. The van der Waals surface area contributed by atoms with E-state index < -0.39 is 4.92 Å². The van der Waals surface area contributed by atoms with Crippen LogP contribution in [0.15, 0.2) is 16.6 Å². The van der Waals surface area contributed by atoms with E-state index in [1.165, 1.54) is 19.2 Å². The standard InChI is InChI=1S/C8H7Br2NO3/c1-14-8-3-5(11(12)13)2-7(10)6(8)4-9/h2-3H,4H2,1H3. The number of rotatable bonds is 3. The van der Waals surface area contributed by atoms with E-state index >= 15 is 0 Å². The van der Waals surface area contributed by atoms with Gasteiger partial charge in [-0.1, -0.05) is 31.9 Å². The highest BCUT2D eigenvalue weighted by atomic mass is 79.9. The van der Waals surface area contributed by atoms with Crippen LogP contribution in [0.3, 0.4) is 0 Å². The Labute approximate surface area is 97.7 Å². The molecule has 14 heavy (non-hydrogen) atoms. The Hall–Kier alpha value is -0.620. The number of methoxy groups -OCH3 is 1. The van der Waals surface area contributed by atoms with Crippen molar-refractivity contribution in [2.45, 2.75) is 5.33 Å².